The van der Waals surface area contributed by atoms with E-state index in [0.29, 0.717) is 19.8 Å². The lowest BCUT2D eigenvalue weighted by atomic mass is 9.89. The Morgan fingerprint density at radius 3 is 2.57 bits per heavy atom. The third-order valence-corrected chi connectivity index (χ3v) is 6.23. The fourth-order valence-electron chi connectivity index (χ4n) is 2.44. The fourth-order valence-corrected chi connectivity index (χ4v) is 3.34. The molecule has 23 heavy (non-hydrogen) atoms. The van der Waals surface area contributed by atoms with Crippen LogP contribution in [0.4, 0.5) is 0 Å². The third-order valence-electron chi connectivity index (χ3n) is 4.49. The van der Waals surface area contributed by atoms with Gasteiger partial charge in [0.2, 0.25) is 0 Å². The minimum atomic E-state index is -3.23. The number of carbonyl (C=O) groups is 1. The summed E-state index contributed by atoms with van der Waals surface area (Å²) in [5.41, 5.74) is 0.238. The van der Waals surface area contributed by atoms with Gasteiger partial charge in [-0.2, -0.15) is 0 Å². The Morgan fingerprint density at radius 2 is 2.09 bits per heavy atom. The van der Waals surface area contributed by atoms with Crippen LogP contribution in [0, 0.1) is 5.41 Å². The Labute approximate surface area is 136 Å². The maximum atomic E-state index is 12.5. The lowest BCUT2D eigenvalue weighted by Gasteiger charge is -2.37. The van der Waals surface area contributed by atoms with Crippen LogP contribution < -0.4 is 0 Å². The molecule has 2 atom stereocenters. The molecule has 1 aromatic heterocycles. The SMILES string of the molecule is CC(C(C)S(C)(=O)=O)N(C)C(=O)c1cn(CC2(C)COC2)nn1. The fraction of sp³-hybridized carbons (Fsp3) is 0.786. The first-order valence-corrected chi connectivity index (χ1v) is 9.43. The number of hydrogen-bond donors (Lipinski definition) is 0. The summed E-state index contributed by atoms with van der Waals surface area (Å²) in [5, 5.41) is 7.25. The number of hydrogen-bond acceptors (Lipinski definition) is 6. The van der Waals surface area contributed by atoms with Gasteiger partial charge >= 0.3 is 0 Å². The van der Waals surface area contributed by atoms with E-state index in [2.05, 4.69) is 17.2 Å². The van der Waals surface area contributed by atoms with Gasteiger partial charge in [0, 0.05) is 24.8 Å². The summed E-state index contributed by atoms with van der Waals surface area (Å²) in [6.45, 7) is 7.35. The summed E-state index contributed by atoms with van der Waals surface area (Å²) in [5.74, 6) is -0.339. The van der Waals surface area contributed by atoms with Crippen LogP contribution in [0.15, 0.2) is 6.20 Å². The van der Waals surface area contributed by atoms with E-state index in [1.54, 1.807) is 31.8 Å². The van der Waals surface area contributed by atoms with Gasteiger partial charge < -0.3 is 9.64 Å². The van der Waals surface area contributed by atoms with Crippen LogP contribution in [0.5, 0.6) is 0 Å². The Morgan fingerprint density at radius 1 is 1.48 bits per heavy atom. The number of amides is 1. The smallest absolute Gasteiger partial charge is 0.276 e. The van der Waals surface area contributed by atoms with Gasteiger partial charge in [-0.15, -0.1) is 5.10 Å². The molecular formula is C14H24N4O4S. The van der Waals surface area contributed by atoms with Crippen molar-refractivity contribution in [2.45, 2.75) is 38.6 Å². The van der Waals surface area contributed by atoms with Crippen LogP contribution in [0.2, 0.25) is 0 Å². The highest BCUT2D eigenvalue weighted by molar-refractivity contribution is 7.91. The molecule has 8 nitrogen and oxygen atoms in total. The normalized spacial score (nSPS) is 19.7. The third kappa shape index (κ3) is 3.89. The molecule has 1 aliphatic heterocycles. The number of ether oxygens (including phenoxy) is 1. The van der Waals surface area contributed by atoms with Crippen LogP contribution in [0.3, 0.4) is 0 Å². The molecule has 2 rings (SSSR count). The first kappa shape index (κ1) is 17.9. The standard InChI is InChI=1S/C14H24N4O4S/c1-10(11(2)23(5,20)21)17(4)13(19)12-6-18(16-15-12)7-14(3)8-22-9-14/h6,10-11H,7-9H2,1-5H3. The lowest BCUT2D eigenvalue weighted by Crippen LogP contribution is -2.44. The predicted octanol–water partition coefficient (Wildman–Crippen LogP) is 0.208. The van der Waals surface area contributed by atoms with Gasteiger partial charge in [-0.05, 0) is 13.8 Å². The van der Waals surface area contributed by atoms with Gasteiger partial charge in [-0.1, -0.05) is 12.1 Å². The second-order valence-electron chi connectivity index (χ2n) is 6.80. The summed E-state index contributed by atoms with van der Waals surface area (Å²) in [7, 11) is -1.65. The molecule has 0 N–H and O–H groups in total. The zero-order chi connectivity index (χ0) is 17.4. The van der Waals surface area contributed by atoms with Crippen molar-refractivity contribution in [3.63, 3.8) is 0 Å². The van der Waals surface area contributed by atoms with Gasteiger partial charge in [0.15, 0.2) is 15.5 Å². The van der Waals surface area contributed by atoms with Crippen LogP contribution in [0.25, 0.3) is 0 Å². The highest BCUT2D eigenvalue weighted by Gasteiger charge is 2.35. The molecule has 0 radical (unpaired) electrons. The summed E-state index contributed by atoms with van der Waals surface area (Å²) >= 11 is 0. The predicted molar refractivity (Wildman–Crippen MR) is 84.8 cm³/mol. The molecule has 1 saturated heterocycles. The minimum absolute atomic E-state index is 0.0258. The number of nitrogens with zero attached hydrogens (tertiary/aromatic N) is 4. The molecule has 1 amide bonds. The Bertz CT molecular complexity index is 681. The maximum Gasteiger partial charge on any atom is 0.276 e. The van der Waals surface area contributed by atoms with Crippen molar-refractivity contribution in [2.75, 3.05) is 26.5 Å². The molecule has 0 saturated carbocycles. The Kier molecular flexibility index (Phi) is 4.81. The van der Waals surface area contributed by atoms with Crippen molar-refractivity contribution >= 4 is 15.7 Å². The maximum absolute atomic E-state index is 12.5. The largest absolute Gasteiger partial charge is 0.380 e. The van der Waals surface area contributed by atoms with Crippen molar-refractivity contribution < 1.29 is 17.9 Å². The van der Waals surface area contributed by atoms with Gasteiger partial charge in [0.25, 0.3) is 5.91 Å². The van der Waals surface area contributed by atoms with E-state index in [0.717, 1.165) is 0 Å². The Hall–Kier alpha value is -1.48. The van der Waals surface area contributed by atoms with Gasteiger partial charge in [-0.25, -0.2) is 8.42 Å². The average Bonchev–Trinajstić information content (AvgIpc) is 2.89. The number of sulfone groups is 1. The van der Waals surface area contributed by atoms with Crippen molar-refractivity contribution in [3.8, 4) is 0 Å². The second kappa shape index (κ2) is 6.20. The number of aromatic nitrogens is 3. The highest BCUT2D eigenvalue weighted by atomic mass is 32.2. The monoisotopic (exact) mass is 344 g/mol. The molecule has 1 aromatic rings. The van der Waals surface area contributed by atoms with Crippen molar-refractivity contribution in [1.29, 1.82) is 0 Å². The molecule has 1 aliphatic rings. The van der Waals surface area contributed by atoms with Crippen molar-refractivity contribution in [1.82, 2.24) is 19.9 Å². The first-order chi connectivity index (χ1) is 10.5. The topological polar surface area (TPSA) is 94.4 Å². The summed E-state index contributed by atoms with van der Waals surface area (Å²) in [4.78, 5) is 13.9. The van der Waals surface area contributed by atoms with E-state index >= 15 is 0 Å². The Balaban J connectivity index is 2.06. The van der Waals surface area contributed by atoms with Crippen LogP contribution in [0.1, 0.15) is 31.3 Å². The molecule has 0 spiro atoms. The summed E-state index contributed by atoms with van der Waals surface area (Å²) in [6.07, 6.45) is 2.77. The molecule has 9 heteroatoms. The van der Waals surface area contributed by atoms with E-state index in [9.17, 15) is 13.2 Å². The van der Waals surface area contributed by atoms with E-state index < -0.39 is 21.1 Å². The van der Waals surface area contributed by atoms with E-state index in [4.69, 9.17) is 4.74 Å². The quantitative estimate of drug-likeness (QED) is 0.732. The molecule has 0 aliphatic carbocycles. The number of carbonyl (C=O) groups excluding carboxylic acids is 1. The molecular weight excluding hydrogens is 320 g/mol. The zero-order valence-electron chi connectivity index (χ0n) is 14.2. The minimum Gasteiger partial charge on any atom is -0.380 e. The van der Waals surface area contributed by atoms with Gasteiger partial charge in [0.05, 0.1) is 31.2 Å². The van der Waals surface area contributed by atoms with E-state index in [1.165, 1.54) is 11.2 Å². The first-order valence-electron chi connectivity index (χ1n) is 7.47. The van der Waals surface area contributed by atoms with Crippen molar-refractivity contribution in [3.05, 3.63) is 11.9 Å². The zero-order valence-corrected chi connectivity index (χ0v) is 15.0. The lowest BCUT2D eigenvalue weighted by molar-refractivity contribution is -0.111. The summed E-state index contributed by atoms with van der Waals surface area (Å²) < 4.78 is 30.1. The molecule has 1 fully saturated rings. The van der Waals surface area contributed by atoms with Gasteiger partial charge in [-0.3, -0.25) is 9.48 Å². The molecule has 0 bridgehead atoms. The van der Waals surface area contributed by atoms with Crippen LogP contribution in [-0.4, -0.2) is 72.0 Å². The molecule has 2 heterocycles. The van der Waals surface area contributed by atoms with Gasteiger partial charge in [0.1, 0.15) is 0 Å². The second-order valence-corrected chi connectivity index (χ2v) is 9.20. The van der Waals surface area contributed by atoms with Crippen LogP contribution >= 0.6 is 0 Å². The van der Waals surface area contributed by atoms with E-state index in [-0.39, 0.29) is 17.0 Å². The van der Waals surface area contributed by atoms with Crippen molar-refractivity contribution in [2.24, 2.45) is 5.41 Å². The molecule has 0 aromatic carbocycles. The average molecular weight is 344 g/mol. The summed E-state index contributed by atoms with van der Waals surface area (Å²) in [6, 6.07) is -0.458. The van der Waals surface area contributed by atoms with Crippen LogP contribution in [-0.2, 0) is 21.1 Å². The molecule has 130 valence electrons. The number of rotatable bonds is 6. The molecule has 2 unspecified atom stereocenters. The van der Waals surface area contributed by atoms with E-state index in [1.807, 2.05) is 0 Å². The highest BCUT2D eigenvalue weighted by Crippen LogP contribution is 2.28.